The van der Waals surface area contributed by atoms with Crippen molar-refractivity contribution in [2.75, 3.05) is 10.7 Å². The van der Waals surface area contributed by atoms with E-state index < -0.39 is 41.4 Å². The molecule has 9 nitrogen and oxygen atoms in total. The van der Waals surface area contributed by atoms with Crippen molar-refractivity contribution in [1.29, 1.82) is 0 Å². The summed E-state index contributed by atoms with van der Waals surface area (Å²) in [5, 5.41) is 4.10. The monoisotopic (exact) mass is 749 g/mol. The number of benzene rings is 3. The molecule has 2 N–H and O–H groups in total. The fourth-order valence-electron chi connectivity index (χ4n) is 4.29. The summed E-state index contributed by atoms with van der Waals surface area (Å²) in [4.78, 5) is 21.7. The number of amidine groups is 1. The van der Waals surface area contributed by atoms with Gasteiger partial charge in [-0.15, -0.1) is 5.10 Å². The number of aromatic nitrogens is 3. The molecule has 1 aliphatic rings. The molecule has 0 aliphatic carbocycles. The predicted octanol–water partition coefficient (Wildman–Crippen LogP) is 7.72. The fraction of sp³-hybridized carbons (Fsp3) is 0.207. The van der Waals surface area contributed by atoms with Crippen LogP contribution in [0.3, 0.4) is 0 Å². The summed E-state index contributed by atoms with van der Waals surface area (Å²) < 4.78 is 110. The number of anilines is 1. The highest BCUT2D eigenvalue weighted by Crippen LogP contribution is 2.41. The minimum Gasteiger partial charge on any atom is -0.426 e. The number of hydrogen-bond acceptors (Lipinski definition) is 7. The van der Waals surface area contributed by atoms with Gasteiger partial charge in [0.15, 0.2) is 11.0 Å². The van der Waals surface area contributed by atoms with Crippen LogP contribution in [0.2, 0.25) is 5.02 Å². The zero-order valence-corrected chi connectivity index (χ0v) is 26.9. The summed E-state index contributed by atoms with van der Waals surface area (Å²) >= 11 is 12.1. The number of thioether (sulfide) groups is 1. The smallest absolute Gasteiger partial charge is 0.426 e. The summed E-state index contributed by atoms with van der Waals surface area (Å²) in [6.07, 6.45) is -14.7. The number of hydrogen-bond donors (Lipinski definition) is 2. The number of carbonyl (C=O) groups is 1. The molecule has 0 radical (unpaired) electrons. The van der Waals surface area contributed by atoms with Gasteiger partial charge >= 0.3 is 18.5 Å². The highest BCUT2D eigenvalue weighted by Gasteiger charge is 2.61. The number of ether oxygens (including phenoxy) is 1. The van der Waals surface area contributed by atoms with Crippen molar-refractivity contribution in [3.8, 4) is 22.8 Å². The van der Waals surface area contributed by atoms with Gasteiger partial charge in [-0.2, -0.15) is 40.1 Å². The zero-order valence-electron chi connectivity index (χ0n) is 24.5. The molecule has 1 amide bonds. The van der Waals surface area contributed by atoms with Crippen LogP contribution in [-0.4, -0.2) is 49.0 Å². The number of nitrogens with zero attached hydrogens (tertiary/aromatic N) is 5. The lowest BCUT2D eigenvalue weighted by atomic mass is 10.1. The number of nitrogens with one attached hydrogen (secondary N) is 2. The van der Waals surface area contributed by atoms with Crippen LogP contribution in [0.5, 0.6) is 5.75 Å². The van der Waals surface area contributed by atoms with E-state index in [1.54, 1.807) is 31.2 Å². The molecule has 1 aliphatic heterocycles. The molecule has 4 aromatic rings. The molecule has 49 heavy (non-hydrogen) atoms. The van der Waals surface area contributed by atoms with Crippen molar-refractivity contribution in [2.24, 2.45) is 4.99 Å². The van der Waals surface area contributed by atoms with Crippen molar-refractivity contribution in [1.82, 2.24) is 25.6 Å². The molecule has 0 spiro atoms. The molecule has 1 fully saturated rings. The van der Waals surface area contributed by atoms with E-state index in [0.717, 1.165) is 52.6 Å². The molecule has 1 saturated heterocycles. The van der Waals surface area contributed by atoms with Crippen LogP contribution in [0.25, 0.3) is 17.1 Å². The molecule has 0 bridgehead atoms. The van der Waals surface area contributed by atoms with Crippen molar-refractivity contribution < 1.29 is 44.7 Å². The van der Waals surface area contributed by atoms with Crippen LogP contribution < -0.4 is 20.5 Å². The lowest BCUT2D eigenvalue weighted by Gasteiger charge is -2.21. The van der Waals surface area contributed by atoms with E-state index in [4.69, 9.17) is 23.8 Å². The van der Waals surface area contributed by atoms with Crippen LogP contribution in [0.1, 0.15) is 24.1 Å². The Morgan fingerprint density at radius 2 is 1.69 bits per heavy atom. The number of aliphatic imine (C=N–C) groups is 1. The second kappa shape index (κ2) is 13.9. The van der Waals surface area contributed by atoms with Crippen LogP contribution in [0.15, 0.2) is 78.0 Å². The molecular formula is C29H20ClF8N7O2S2. The van der Waals surface area contributed by atoms with E-state index >= 15 is 0 Å². The lowest BCUT2D eigenvalue weighted by molar-refractivity contribution is -0.360. The van der Waals surface area contributed by atoms with E-state index in [1.165, 1.54) is 23.1 Å². The minimum atomic E-state index is -5.87. The molecule has 258 valence electrons. The quantitative estimate of drug-likeness (QED) is 0.108. The molecule has 1 atom stereocenters. The van der Waals surface area contributed by atoms with Gasteiger partial charge in [0, 0.05) is 16.6 Å². The molecule has 2 heterocycles. The molecule has 1 aromatic heterocycles. The van der Waals surface area contributed by atoms with E-state index in [-0.39, 0.29) is 32.9 Å². The minimum absolute atomic E-state index is 0.00126. The van der Waals surface area contributed by atoms with Gasteiger partial charge in [0.25, 0.3) is 0 Å². The maximum absolute atomic E-state index is 13.7. The van der Waals surface area contributed by atoms with Crippen molar-refractivity contribution in [2.45, 2.75) is 31.4 Å². The Hall–Kier alpha value is -4.33. The molecular weight excluding hydrogens is 730 g/mol. The van der Waals surface area contributed by atoms with Crippen LogP contribution in [-0.2, 0) is 11.0 Å². The standard InChI is InChI=1S/C29H20ClF8N7O2S2/c1-15(41-42-25(48)40-26-45(23(46)13-49-26)22-12-18(30)6-11-21(22)27(31,32)33)16-2-4-17(5-3-16)24-39-14-44(43-24)19-7-9-20(10-8-19)47-29(37,38)28(34,35)36/h2-12,14-15,41H,13H2,1H3,(H,42,48)/b40-26-. The third-order valence-corrected chi connectivity index (χ3v) is 8.05. The van der Waals surface area contributed by atoms with Gasteiger partial charge in [-0.25, -0.2) is 15.1 Å². The number of halogens is 9. The summed E-state index contributed by atoms with van der Waals surface area (Å²) in [6, 6.07) is 13.8. The van der Waals surface area contributed by atoms with Crippen molar-refractivity contribution in [3.63, 3.8) is 0 Å². The SMILES string of the molecule is CC(NNC(=S)/N=C1\SCC(=O)N1c1cc(Cl)ccc1C(F)(F)F)c1ccc(-c2ncn(-c3ccc(OC(F)(F)C(F)(F)F)cc3)n2)cc1. The number of hydrazine groups is 1. The molecule has 0 saturated carbocycles. The Morgan fingerprint density at radius 1 is 1.02 bits per heavy atom. The average molecular weight is 750 g/mol. The first-order valence-electron chi connectivity index (χ1n) is 13.7. The Kier molecular flexibility index (Phi) is 10.2. The van der Waals surface area contributed by atoms with Gasteiger partial charge in [-0.3, -0.25) is 15.1 Å². The molecule has 1 unspecified atom stereocenters. The van der Waals surface area contributed by atoms with Gasteiger partial charge in [-0.05, 0) is 67.2 Å². The van der Waals surface area contributed by atoms with E-state index in [0.29, 0.717) is 11.3 Å². The van der Waals surface area contributed by atoms with E-state index in [9.17, 15) is 39.9 Å². The number of rotatable bonds is 8. The van der Waals surface area contributed by atoms with Crippen LogP contribution in [0, 0.1) is 0 Å². The number of thiocarbonyl (C=S) groups is 1. The third kappa shape index (κ3) is 8.28. The van der Waals surface area contributed by atoms with Gasteiger partial charge in [0.05, 0.1) is 22.7 Å². The second-order valence-corrected chi connectivity index (χ2v) is 11.9. The van der Waals surface area contributed by atoms with Gasteiger partial charge < -0.3 is 4.74 Å². The highest BCUT2D eigenvalue weighted by atomic mass is 35.5. The van der Waals surface area contributed by atoms with Gasteiger partial charge in [-0.1, -0.05) is 47.6 Å². The van der Waals surface area contributed by atoms with E-state index in [1.807, 2.05) is 0 Å². The Balaban J connectivity index is 1.20. The van der Waals surface area contributed by atoms with Crippen LogP contribution in [0.4, 0.5) is 40.8 Å². The van der Waals surface area contributed by atoms with Gasteiger partial charge in [0.1, 0.15) is 12.1 Å². The number of alkyl halides is 8. The zero-order chi connectivity index (χ0) is 35.7. The largest absolute Gasteiger partial charge is 0.499 e. The lowest BCUT2D eigenvalue weighted by Crippen LogP contribution is -2.41. The summed E-state index contributed by atoms with van der Waals surface area (Å²) in [6.45, 7) is 1.78. The first-order valence-corrected chi connectivity index (χ1v) is 15.4. The summed E-state index contributed by atoms with van der Waals surface area (Å²) in [5.41, 5.74) is 5.79. The summed E-state index contributed by atoms with van der Waals surface area (Å²) in [5.74, 6) is -1.19. The number of carbonyl (C=O) groups excluding carboxylic acids is 1. The maximum Gasteiger partial charge on any atom is 0.499 e. The molecule has 3 aromatic carbocycles. The molecule has 5 rings (SSSR count). The first kappa shape index (κ1) is 36.0. The summed E-state index contributed by atoms with van der Waals surface area (Å²) in [7, 11) is 0. The second-order valence-electron chi connectivity index (χ2n) is 10.1. The maximum atomic E-state index is 13.7. The predicted molar refractivity (Wildman–Crippen MR) is 170 cm³/mol. The van der Waals surface area contributed by atoms with E-state index in [2.05, 4.69) is 30.7 Å². The van der Waals surface area contributed by atoms with Crippen molar-refractivity contribution in [3.05, 3.63) is 89.2 Å². The van der Waals surface area contributed by atoms with Crippen molar-refractivity contribution >= 4 is 57.5 Å². The normalized spacial score (nSPS) is 15.5. The Bertz CT molecular complexity index is 1890. The topological polar surface area (TPSA) is 96.7 Å². The fourth-order valence-corrected chi connectivity index (χ4v) is 5.53. The van der Waals surface area contributed by atoms with Crippen LogP contribution >= 0.6 is 35.6 Å². The average Bonchev–Trinajstić information content (AvgIpc) is 3.66. The molecule has 20 heteroatoms. The number of amides is 1. The third-order valence-electron chi connectivity index (χ3n) is 6.70. The first-order chi connectivity index (χ1) is 22.9. The Labute approximate surface area is 286 Å². The highest BCUT2D eigenvalue weighted by molar-refractivity contribution is 8.15. The van der Waals surface area contributed by atoms with Gasteiger partial charge in [0.2, 0.25) is 11.0 Å². The Morgan fingerprint density at radius 3 is 2.33 bits per heavy atom.